The Morgan fingerprint density at radius 2 is 2.00 bits per heavy atom. The van der Waals surface area contributed by atoms with Gasteiger partial charge >= 0.3 is 6.36 Å². The third-order valence-electron chi connectivity index (χ3n) is 1.04. The fourth-order valence-electron chi connectivity index (χ4n) is 0.621. The fourth-order valence-corrected chi connectivity index (χ4v) is 1.11. The second-order valence-electron chi connectivity index (χ2n) is 2.09. The van der Waals surface area contributed by atoms with Crippen LogP contribution in [0.5, 0.6) is 5.75 Å². The Balaban J connectivity index is 2.55. The van der Waals surface area contributed by atoms with Crippen LogP contribution >= 0.6 is 12.0 Å². The van der Waals surface area contributed by atoms with Gasteiger partial charge in [0.25, 0.3) is 0 Å². The molecular weight excluding hydrogens is 205 g/mol. The summed E-state index contributed by atoms with van der Waals surface area (Å²) in [4.78, 5) is 0.129. The topological polar surface area (TPSA) is 29.1 Å². The molecule has 0 N–H and O–H groups in total. The van der Waals surface area contributed by atoms with E-state index < -0.39 is 6.36 Å². The molecule has 1 aromatic rings. The van der Waals surface area contributed by atoms with Gasteiger partial charge in [-0.3, -0.25) is 5.11 Å². The van der Waals surface area contributed by atoms with Crippen molar-refractivity contribution in [2.24, 2.45) is 0 Å². The molecule has 0 atom stereocenters. The number of hydrogen-bond donors (Lipinski definition) is 0. The van der Waals surface area contributed by atoms with E-state index in [-0.39, 0.29) is 22.7 Å². The van der Waals surface area contributed by atoms with E-state index in [1.165, 1.54) is 18.2 Å². The maximum atomic E-state index is 11.5. The fraction of sp³-hybridized carbons (Fsp3) is 0.143. The lowest BCUT2D eigenvalue weighted by molar-refractivity contribution is -0.266. The number of halogens is 3. The van der Waals surface area contributed by atoms with Gasteiger partial charge in [0.05, 0.1) is 0 Å². The van der Waals surface area contributed by atoms with Crippen LogP contribution in [-0.4, -0.2) is 6.36 Å². The molecule has 2 nitrogen and oxygen atoms in total. The molecule has 0 bridgehead atoms. The lowest BCUT2D eigenvalue weighted by Crippen LogP contribution is -2.07. The average Bonchev–Trinajstić information content (AvgIpc) is 2.00. The van der Waals surface area contributed by atoms with E-state index in [1.54, 1.807) is 0 Å². The molecule has 0 spiro atoms. The van der Waals surface area contributed by atoms with Gasteiger partial charge in [0.1, 0.15) is 0 Å². The van der Waals surface area contributed by atoms with Gasteiger partial charge in [0.2, 0.25) is 0 Å². The van der Waals surface area contributed by atoms with Crippen LogP contribution in [0.3, 0.4) is 0 Å². The van der Waals surface area contributed by atoms with Crippen LogP contribution in [0.25, 0.3) is 0 Å². The van der Waals surface area contributed by atoms with Crippen molar-refractivity contribution in [2.75, 3.05) is 0 Å². The van der Waals surface area contributed by atoms with Crippen molar-refractivity contribution in [3.8, 4) is 5.75 Å². The summed E-state index contributed by atoms with van der Waals surface area (Å²) in [5, 5.41) is 10.7. The quantitative estimate of drug-likeness (QED) is 0.698. The van der Waals surface area contributed by atoms with E-state index in [0.717, 1.165) is 6.07 Å². The van der Waals surface area contributed by atoms with Crippen LogP contribution in [0.1, 0.15) is 0 Å². The van der Waals surface area contributed by atoms with Crippen LogP contribution in [0.2, 0.25) is 0 Å². The van der Waals surface area contributed by atoms with E-state index >= 15 is 0 Å². The van der Waals surface area contributed by atoms with E-state index in [1.807, 2.05) is 0 Å². The van der Waals surface area contributed by atoms with Crippen LogP contribution in [0.15, 0.2) is 29.2 Å². The summed E-state index contributed by atoms with van der Waals surface area (Å²) in [6.45, 7) is 0. The number of benzene rings is 1. The van der Waals surface area contributed by atoms with E-state index in [2.05, 4.69) is 4.18 Å². The summed E-state index contributed by atoms with van der Waals surface area (Å²) in [5.41, 5.74) is 0. The molecule has 0 aromatic heterocycles. The molecule has 0 fully saturated rings. The molecule has 0 aliphatic rings. The zero-order chi connectivity index (χ0) is 9.90. The van der Waals surface area contributed by atoms with Crippen LogP contribution < -0.4 is 0 Å². The molecule has 1 aromatic carbocycles. The largest absolute Gasteiger partial charge is 0.533 e. The first-order valence-electron chi connectivity index (χ1n) is 3.17. The lowest BCUT2D eigenvalue weighted by atomic mass is 10.3. The van der Waals surface area contributed by atoms with Gasteiger partial charge in [0, 0.05) is 23.0 Å². The molecule has 0 aliphatic heterocycles. The lowest BCUT2D eigenvalue weighted by Gasteiger charge is -2.04. The van der Waals surface area contributed by atoms with Crippen molar-refractivity contribution < 1.29 is 22.5 Å². The van der Waals surface area contributed by atoms with Crippen LogP contribution in [-0.2, 0) is 9.29 Å². The molecule has 71 valence electrons. The highest BCUT2D eigenvalue weighted by atomic mass is 32.2. The first-order chi connectivity index (χ1) is 5.97. The van der Waals surface area contributed by atoms with Crippen molar-refractivity contribution in [1.29, 1.82) is 0 Å². The van der Waals surface area contributed by atoms with Gasteiger partial charge < -0.3 is 0 Å². The minimum atomic E-state index is -4.69. The SMILES string of the molecule is [O]c1cccc(SOC(F)(F)F)c1. The number of hydrogen-bond acceptors (Lipinski definition) is 2. The molecule has 1 rings (SSSR count). The van der Waals surface area contributed by atoms with Gasteiger partial charge in [-0.15, -0.1) is 13.2 Å². The average molecular weight is 209 g/mol. The summed E-state index contributed by atoms with van der Waals surface area (Å²) in [6.07, 6.45) is -4.69. The Morgan fingerprint density at radius 3 is 2.54 bits per heavy atom. The smallest absolute Gasteiger partial charge is 0.290 e. The van der Waals surface area contributed by atoms with Gasteiger partial charge in [-0.1, -0.05) is 6.07 Å². The minimum Gasteiger partial charge on any atom is -0.290 e. The first-order valence-corrected chi connectivity index (χ1v) is 3.91. The Labute approximate surface area is 76.5 Å². The molecule has 13 heavy (non-hydrogen) atoms. The summed E-state index contributed by atoms with van der Waals surface area (Å²) in [7, 11) is 0. The van der Waals surface area contributed by atoms with Crippen molar-refractivity contribution in [1.82, 2.24) is 0 Å². The van der Waals surface area contributed by atoms with Gasteiger partial charge in [-0.05, 0) is 12.1 Å². The minimum absolute atomic E-state index is 0.117. The van der Waals surface area contributed by atoms with E-state index in [9.17, 15) is 18.3 Å². The highest BCUT2D eigenvalue weighted by Gasteiger charge is 2.30. The maximum Gasteiger partial charge on any atom is 0.533 e. The van der Waals surface area contributed by atoms with Gasteiger partial charge in [0.15, 0.2) is 5.75 Å². The van der Waals surface area contributed by atoms with Crippen molar-refractivity contribution >= 4 is 12.0 Å². The highest BCUT2D eigenvalue weighted by molar-refractivity contribution is 7.94. The van der Waals surface area contributed by atoms with Crippen LogP contribution in [0.4, 0.5) is 13.2 Å². The molecule has 0 aliphatic carbocycles. The van der Waals surface area contributed by atoms with Crippen LogP contribution in [0, 0.1) is 0 Å². The number of rotatable bonds is 2. The third kappa shape index (κ3) is 4.05. The third-order valence-corrected chi connectivity index (χ3v) is 1.76. The molecule has 0 saturated carbocycles. The molecule has 0 amide bonds. The second kappa shape index (κ2) is 3.89. The van der Waals surface area contributed by atoms with E-state index in [0.29, 0.717) is 0 Å². The maximum absolute atomic E-state index is 11.5. The summed E-state index contributed by atoms with van der Waals surface area (Å²) < 4.78 is 38.0. The van der Waals surface area contributed by atoms with Crippen molar-refractivity contribution in [3.63, 3.8) is 0 Å². The Hall–Kier alpha value is -0.880. The predicted octanol–water partition coefficient (Wildman–Crippen LogP) is 3.37. The monoisotopic (exact) mass is 209 g/mol. The normalized spacial score (nSPS) is 11.6. The van der Waals surface area contributed by atoms with Crippen molar-refractivity contribution in [3.05, 3.63) is 24.3 Å². The van der Waals surface area contributed by atoms with E-state index in [4.69, 9.17) is 0 Å². The Kier molecular flexibility index (Phi) is 3.05. The molecule has 0 saturated heterocycles. The second-order valence-corrected chi connectivity index (χ2v) is 2.89. The summed E-state index contributed by atoms with van der Waals surface area (Å²) in [5.74, 6) is -0.351. The molecule has 0 unspecified atom stereocenters. The number of alkyl halides is 3. The Bertz CT molecular complexity index is 287. The summed E-state index contributed by atoms with van der Waals surface area (Å²) >= 11 is 0.117. The van der Waals surface area contributed by atoms with Gasteiger partial charge in [-0.25, -0.2) is 4.18 Å². The van der Waals surface area contributed by atoms with Gasteiger partial charge in [-0.2, -0.15) is 0 Å². The zero-order valence-electron chi connectivity index (χ0n) is 6.17. The first kappa shape index (κ1) is 10.2. The molecule has 6 heteroatoms. The summed E-state index contributed by atoms with van der Waals surface area (Å²) in [6, 6.07) is 5.04. The molecule has 1 radical (unpaired) electrons. The molecule has 0 heterocycles. The zero-order valence-corrected chi connectivity index (χ0v) is 6.98. The standard InChI is InChI=1S/C7H4F3O2S/c8-7(9,10)12-13-6-3-1-2-5(11)4-6/h1-4H. The predicted molar refractivity (Wildman–Crippen MR) is 39.6 cm³/mol. The Morgan fingerprint density at radius 1 is 1.31 bits per heavy atom. The highest BCUT2D eigenvalue weighted by Crippen LogP contribution is 2.30. The molecular formula is C7H4F3O2S. The van der Waals surface area contributed by atoms with Crippen molar-refractivity contribution in [2.45, 2.75) is 11.3 Å².